The highest BCUT2D eigenvalue weighted by molar-refractivity contribution is 6.31. The molecule has 0 saturated carbocycles. The molecule has 0 spiro atoms. The molecule has 1 fully saturated rings. The van der Waals surface area contributed by atoms with Gasteiger partial charge in [0.1, 0.15) is 5.56 Å². The number of nitrogens with zero attached hydrogens (tertiary/aromatic N) is 2. The van der Waals surface area contributed by atoms with Crippen molar-refractivity contribution in [3.8, 4) is 0 Å². The van der Waals surface area contributed by atoms with Crippen LogP contribution in [-0.4, -0.2) is 41.4 Å². The number of nitro benzene ring substituents is 1. The van der Waals surface area contributed by atoms with Crippen molar-refractivity contribution in [1.29, 1.82) is 0 Å². The lowest BCUT2D eigenvalue weighted by Gasteiger charge is -2.27. The van der Waals surface area contributed by atoms with E-state index in [1.807, 2.05) is 6.92 Å². The molecule has 0 bridgehead atoms. The van der Waals surface area contributed by atoms with E-state index in [-0.39, 0.29) is 28.2 Å². The van der Waals surface area contributed by atoms with Gasteiger partial charge in [-0.05, 0) is 32.0 Å². The molecule has 20 heavy (non-hydrogen) atoms. The minimum Gasteiger partial charge on any atom is -0.334 e. The van der Waals surface area contributed by atoms with Crippen LogP contribution >= 0.6 is 11.6 Å². The lowest BCUT2D eigenvalue weighted by Crippen LogP contribution is -2.41. The average molecular weight is 298 g/mol. The normalized spacial score (nSPS) is 18.0. The highest BCUT2D eigenvalue weighted by Gasteiger charge is 2.30. The fraction of sp³-hybridized carbons (Fsp3) is 0.462. The second-order valence-corrected chi connectivity index (χ2v) is 5.09. The Morgan fingerprint density at radius 1 is 1.60 bits per heavy atom. The summed E-state index contributed by atoms with van der Waals surface area (Å²) in [4.78, 5) is 24.7. The molecule has 1 N–H and O–H groups in total. The number of hydrogen-bond donors (Lipinski definition) is 1. The number of carbonyl (C=O) groups is 1. The molecule has 0 aliphatic carbocycles. The minimum atomic E-state index is -0.570. The molecular formula is C13H16ClN3O3. The largest absolute Gasteiger partial charge is 0.334 e. The van der Waals surface area contributed by atoms with Crippen LogP contribution in [0.4, 0.5) is 5.69 Å². The number of carbonyl (C=O) groups excluding carboxylic acids is 1. The van der Waals surface area contributed by atoms with Gasteiger partial charge in [0.25, 0.3) is 11.6 Å². The van der Waals surface area contributed by atoms with Gasteiger partial charge in [0.15, 0.2) is 0 Å². The molecule has 108 valence electrons. The predicted octanol–water partition coefficient (Wildman–Crippen LogP) is 2.07. The molecule has 1 aromatic rings. The van der Waals surface area contributed by atoms with E-state index in [9.17, 15) is 14.9 Å². The number of likely N-dealkylation sites (N-methyl/N-ethyl adjacent to an activating group) is 1. The molecule has 1 unspecified atom stereocenters. The third-order valence-corrected chi connectivity index (χ3v) is 3.70. The van der Waals surface area contributed by atoms with E-state index < -0.39 is 4.92 Å². The summed E-state index contributed by atoms with van der Waals surface area (Å²) in [5.41, 5.74) is -0.153. The van der Waals surface area contributed by atoms with Gasteiger partial charge < -0.3 is 10.2 Å². The Hall–Kier alpha value is -1.66. The molecule has 1 aromatic carbocycles. The molecule has 7 heteroatoms. The van der Waals surface area contributed by atoms with Crippen LogP contribution in [-0.2, 0) is 0 Å². The van der Waals surface area contributed by atoms with Crippen LogP contribution in [0.2, 0.25) is 5.02 Å². The quantitative estimate of drug-likeness (QED) is 0.682. The van der Waals surface area contributed by atoms with Gasteiger partial charge in [-0.25, -0.2) is 0 Å². The fourth-order valence-corrected chi connectivity index (χ4v) is 2.63. The number of nitro groups is 1. The molecule has 1 aliphatic rings. The van der Waals surface area contributed by atoms with Crippen LogP contribution < -0.4 is 5.32 Å². The van der Waals surface area contributed by atoms with E-state index in [4.69, 9.17) is 11.6 Å². The minimum absolute atomic E-state index is 0.0859. The van der Waals surface area contributed by atoms with Gasteiger partial charge >= 0.3 is 0 Å². The smallest absolute Gasteiger partial charge is 0.283 e. The predicted molar refractivity (Wildman–Crippen MR) is 76.1 cm³/mol. The number of benzene rings is 1. The lowest BCUT2D eigenvalue weighted by molar-refractivity contribution is -0.385. The van der Waals surface area contributed by atoms with Crippen molar-refractivity contribution in [2.75, 3.05) is 19.6 Å². The molecule has 1 aliphatic heterocycles. The van der Waals surface area contributed by atoms with Crippen LogP contribution in [0, 0.1) is 10.1 Å². The Morgan fingerprint density at radius 2 is 2.35 bits per heavy atom. The number of rotatable bonds is 4. The summed E-state index contributed by atoms with van der Waals surface area (Å²) in [6.07, 6.45) is 0.862. The highest BCUT2D eigenvalue weighted by atomic mass is 35.5. The van der Waals surface area contributed by atoms with Crippen LogP contribution in [0.25, 0.3) is 0 Å². The summed E-state index contributed by atoms with van der Waals surface area (Å²) in [5.74, 6) is -0.315. The third kappa shape index (κ3) is 2.91. The Bertz CT molecular complexity index is 530. The van der Waals surface area contributed by atoms with Gasteiger partial charge in [-0.15, -0.1) is 0 Å². The van der Waals surface area contributed by atoms with Crippen molar-refractivity contribution >= 4 is 23.2 Å². The molecule has 0 radical (unpaired) electrons. The number of amides is 1. The summed E-state index contributed by atoms with van der Waals surface area (Å²) in [7, 11) is 0. The molecule has 0 aromatic heterocycles. The van der Waals surface area contributed by atoms with Gasteiger partial charge in [0, 0.05) is 30.2 Å². The highest BCUT2D eigenvalue weighted by Crippen LogP contribution is 2.25. The zero-order valence-electron chi connectivity index (χ0n) is 11.1. The molecular weight excluding hydrogens is 282 g/mol. The molecule has 1 heterocycles. The zero-order chi connectivity index (χ0) is 14.7. The van der Waals surface area contributed by atoms with E-state index in [0.717, 1.165) is 19.5 Å². The van der Waals surface area contributed by atoms with Gasteiger partial charge in [-0.1, -0.05) is 11.6 Å². The maximum absolute atomic E-state index is 12.6. The van der Waals surface area contributed by atoms with E-state index in [1.165, 1.54) is 18.2 Å². The molecule has 1 saturated heterocycles. The van der Waals surface area contributed by atoms with E-state index >= 15 is 0 Å². The van der Waals surface area contributed by atoms with Crippen molar-refractivity contribution in [2.24, 2.45) is 0 Å². The fourth-order valence-electron chi connectivity index (χ4n) is 2.46. The van der Waals surface area contributed by atoms with Crippen molar-refractivity contribution in [3.05, 3.63) is 38.9 Å². The summed E-state index contributed by atoms with van der Waals surface area (Å²) in [5, 5.41) is 14.5. The first kappa shape index (κ1) is 14.7. The van der Waals surface area contributed by atoms with Crippen LogP contribution in [0.1, 0.15) is 23.7 Å². The maximum atomic E-state index is 12.6. The summed E-state index contributed by atoms with van der Waals surface area (Å²) < 4.78 is 0. The Kier molecular flexibility index (Phi) is 4.57. The lowest BCUT2D eigenvalue weighted by atomic mass is 10.1. The molecule has 2 rings (SSSR count). The first-order valence-corrected chi connectivity index (χ1v) is 6.88. The standard InChI is InChI=1S/C13H16ClN3O3/c1-2-16(10-5-6-15-8-10)13(18)11-4-3-9(14)7-12(11)17(19)20/h3-4,7,10,15H,2,5-6,8H2,1H3. The van der Waals surface area contributed by atoms with Gasteiger partial charge in [0.2, 0.25) is 0 Å². The van der Waals surface area contributed by atoms with E-state index in [1.54, 1.807) is 4.90 Å². The number of nitrogens with one attached hydrogen (secondary N) is 1. The van der Waals surface area contributed by atoms with Gasteiger partial charge in [0.05, 0.1) is 4.92 Å². The van der Waals surface area contributed by atoms with Crippen molar-refractivity contribution < 1.29 is 9.72 Å². The van der Waals surface area contributed by atoms with E-state index in [0.29, 0.717) is 6.54 Å². The summed E-state index contributed by atoms with van der Waals surface area (Å²) >= 11 is 5.77. The van der Waals surface area contributed by atoms with Crippen molar-refractivity contribution in [1.82, 2.24) is 10.2 Å². The number of hydrogen-bond acceptors (Lipinski definition) is 4. The molecule has 1 amide bonds. The SMILES string of the molecule is CCN(C(=O)c1ccc(Cl)cc1[N+](=O)[O-])C1CCNC1. The van der Waals surface area contributed by atoms with Gasteiger partial charge in [-0.3, -0.25) is 14.9 Å². The van der Waals surface area contributed by atoms with Gasteiger partial charge in [-0.2, -0.15) is 0 Å². The first-order valence-electron chi connectivity index (χ1n) is 6.50. The summed E-state index contributed by atoms with van der Waals surface area (Å²) in [6, 6.07) is 4.23. The second-order valence-electron chi connectivity index (χ2n) is 4.66. The number of halogens is 1. The Balaban J connectivity index is 2.33. The van der Waals surface area contributed by atoms with Crippen LogP contribution in [0.3, 0.4) is 0 Å². The Morgan fingerprint density at radius 3 is 2.90 bits per heavy atom. The molecule has 6 nitrogen and oxygen atoms in total. The van der Waals surface area contributed by atoms with Crippen molar-refractivity contribution in [3.63, 3.8) is 0 Å². The average Bonchev–Trinajstić information content (AvgIpc) is 2.93. The Labute approximate surface area is 121 Å². The third-order valence-electron chi connectivity index (χ3n) is 3.46. The topological polar surface area (TPSA) is 75.5 Å². The molecule has 1 atom stereocenters. The monoisotopic (exact) mass is 297 g/mol. The van der Waals surface area contributed by atoms with Crippen LogP contribution in [0.15, 0.2) is 18.2 Å². The zero-order valence-corrected chi connectivity index (χ0v) is 11.9. The van der Waals surface area contributed by atoms with Crippen molar-refractivity contribution in [2.45, 2.75) is 19.4 Å². The maximum Gasteiger partial charge on any atom is 0.283 e. The first-order chi connectivity index (χ1) is 9.54. The van der Waals surface area contributed by atoms with Crippen LogP contribution in [0.5, 0.6) is 0 Å². The second kappa shape index (κ2) is 6.19. The van der Waals surface area contributed by atoms with E-state index in [2.05, 4.69) is 5.32 Å². The summed E-state index contributed by atoms with van der Waals surface area (Å²) in [6.45, 7) is 3.97.